The van der Waals surface area contributed by atoms with Gasteiger partial charge in [-0.15, -0.1) is 0 Å². The molecule has 4 rings (SSSR count). The standard InChI is InChI=1S/C22H24ClFN4O2/c1-30-11-9-25-21-22(26-13-16-4-2-3-5-19(16)27-21)8-10-28(14-22)20(29)15-6-7-18(24)17(23)12-15/h2-7,12,26H,8-11,13-14H2,1H3,(H,25,27)/t22-/m1/s1. The van der Waals surface area contributed by atoms with Crippen molar-refractivity contribution in [1.82, 2.24) is 10.2 Å². The maximum absolute atomic E-state index is 13.5. The Morgan fingerprint density at radius 2 is 2.17 bits per heavy atom. The maximum atomic E-state index is 13.5. The van der Waals surface area contributed by atoms with Gasteiger partial charge in [-0.2, -0.15) is 0 Å². The monoisotopic (exact) mass is 430 g/mol. The van der Waals surface area contributed by atoms with Crippen LogP contribution in [-0.4, -0.2) is 55.5 Å². The summed E-state index contributed by atoms with van der Waals surface area (Å²) in [6.07, 6.45) is 0.709. The Balaban J connectivity index is 1.60. The molecule has 30 heavy (non-hydrogen) atoms. The van der Waals surface area contributed by atoms with Gasteiger partial charge in [0, 0.05) is 38.0 Å². The number of amides is 1. The molecule has 2 aromatic carbocycles. The van der Waals surface area contributed by atoms with Crippen molar-refractivity contribution in [2.75, 3.05) is 38.7 Å². The number of nitrogens with zero attached hydrogens (tertiary/aromatic N) is 2. The number of carbonyl (C=O) groups excluding carboxylic acids is 1. The molecule has 2 N–H and O–H groups in total. The van der Waals surface area contributed by atoms with Crippen molar-refractivity contribution < 1.29 is 13.9 Å². The predicted octanol–water partition coefficient (Wildman–Crippen LogP) is 3.32. The molecule has 2 aliphatic heterocycles. The second kappa shape index (κ2) is 8.71. The fraction of sp³-hybridized carbons (Fsp3) is 0.364. The summed E-state index contributed by atoms with van der Waals surface area (Å²) in [5, 5.41) is 7.07. The normalized spacial score (nSPS) is 22.1. The van der Waals surface area contributed by atoms with Gasteiger partial charge in [0.05, 0.1) is 23.7 Å². The summed E-state index contributed by atoms with van der Waals surface area (Å²) in [4.78, 5) is 19.6. The maximum Gasteiger partial charge on any atom is 0.253 e. The van der Waals surface area contributed by atoms with Gasteiger partial charge in [-0.25, -0.2) is 4.39 Å². The highest BCUT2D eigenvalue weighted by Crippen LogP contribution is 2.30. The van der Waals surface area contributed by atoms with E-state index >= 15 is 0 Å². The number of para-hydroxylation sites is 1. The van der Waals surface area contributed by atoms with Gasteiger partial charge < -0.3 is 15.0 Å². The van der Waals surface area contributed by atoms with Gasteiger partial charge in [-0.05, 0) is 36.2 Å². The van der Waals surface area contributed by atoms with Gasteiger partial charge in [-0.3, -0.25) is 15.1 Å². The summed E-state index contributed by atoms with van der Waals surface area (Å²) in [5.74, 6) is 0.0941. The van der Waals surface area contributed by atoms with E-state index in [1.807, 2.05) is 18.2 Å². The zero-order chi connectivity index (χ0) is 21.1. The molecule has 0 unspecified atom stereocenters. The quantitative estimate of drug-likeness (QED) is 0.730. The van der Waals surface area contributed by atoms with Crippen molar-refractivity contribution in [1.29, 1.82) is 0 Å². The third-order valence-electron chi connectivity index (χ3n) is 5.63. The molecule has 2 aliphatic rings. The van der Waals surface area contributed by atoms with Crippen LogP contribution in [0.2, 0.25) is 5.02 Å². The van der Waals surface area contributed by atoms with E-state index < -0.39 is 11.4 Å². The van der Waals surface area contributed by atoms with Crippen LogP contribution in [0.1, 0.15) is 22.3 Å². The molecule has 0 bridgehead atoms. The number of ether oxygens (including phenoxy) is 1. The van der Waals surface area contributed by atoms with Crippen molar-refractivity contribution in [3.05, 3.63) is 64.4 Å². The smallest absolute Gasteiger partial charge is 0.253 e. The van der Waals surface area contributed by atoms with E-state index in [4.69, 9.17) is 21.3 Å². The minimum absolute atomic E-state index is 0.0544. The van der Waals surface area contributed by atoms with Gasteiger partial charge in [0.15, 0.2) is 0 Å². The Morgan fingerprint density at radius 1 is 1.33 bits per heavy atom. The molecule has 1 atom stereocenters. The Morgan fingerprint density at radius 3 is 2.97 bits per heavy atom. The number of rotatable bonds is 4. The number of hydrogen-bond donors (Lipinski definition) is 2. The number of likely N-dealkylation sites (tertiary alicyclic amines) is 1. The van der Waals surface area contributed by atoms with Crippen molar-refractivity contribution in [2.45, 2.75) is 18.5 Å². The number of nitrogens with one attached hydrogen (secondary N) is 2. The number of fused-ring (bicyclic) bond motifs is 1. The number of hydrogen-bond acceptors (Lipinski definition) is 4. The molecule has 0 radical (unpaired) electrons. The average Bonchev–Trinajstić information content (AvgIpc) is 3.12. The van der Waals surface area contributed by atoms with Crippen LogP contribution >= 0.6 is 11.6 Å². The third kappa shape index (κ3) is 4.05. The lowest BCUT2D eigenvalue weighted by Gasteiger charge is -2.30. The van der Waals surface area contributed by atoms with Crippen LogP contribution in [0.4, 0.5) is 10.1 Å². The van der Waals surface area contributed by atoms with Crippen LogP contribution in [0.3, 0.4) is 0 Å². The SMILES string of the molecule is COCCN=C1Nc2ccccc2CN[C@@]12CCN(C(=O)c1ccc(F)c(Cl)c1)C2. The van der Waals surface area contributed by atoms with E-state index in [0.29, 0.717) is 44.8 Å². The molecule has 2 aromatic rings. The molecule has 0 aliphatic carbocycles. The van der Waals surface area contributed by atoms with Crippen molar-refractivity contribution >= 4 is 29.0 Å². The van der Waals surface area contributed by atoms with Crippen LogP contribution < -0.4 is 10.6 Å². The highest BCUT2D eigenvalue weighted by molar-refractivity contribution is 6.31. The second-order valence-electron chi connectivity index (χ2n) is 7.55. The van der Waals surface area contributed by atoms with E-state index in [-0.39, 0.29) is 10.9 Å². The predicted molar refractivity (Wildman–Crippen MR) is 116 cm³/mol. The number of methoxy groups -OCH3 is 1. The first-order valence-electron chi connectivity index (χ1n) is 9.90. The summed E-state index contributed by atoms with van der Waals surface area (Å²) >= 11 is 5.87. The van der Waals surface area contributed by atoms with Crippen LogP contribution in [0.15, 0.2) is 47.5 Å². The molecule has 2 heterocycles. The molecule has 1 fully saturated rings. The van der Waals surface area contributed by atoms with Crippen molar-refractivity contribution in [2.24, 2.45) is 4.99 Å². The lowest BCUT2D eigenvalue weighted by atomic mass is 9.96. The molecule has 1 saturated heterocycles. The first-order chi connectivity index (χ1) is 14.5. The molecule has 0 saturated carbocycles. The van der Waals surface area contributed by atoms with Crippen molar-refractivity contribution in [3.8, 4) is 0 Å². The van der Waals surface area contributed by atoms with E-state index in [1.54, 1.807) is 12.0 Å². The molecular formula is C22H24ClFN4O2. The number of benzene rings is 2. The molecule has 158 valence electrons. The molecule has 1 spiro atoms. The summed E-state index contributed by atoms with van der Waals surface area (Å²) in [5.41, 5.74) is 2.03. The number of amidine groups is 1. The Labute approximate surface area is 180 Å². The summed E-state index contributed by atoms with van der Waals surface area (Å²) in [7, 11) is 1.65. The first-order valence-corrected chi connectivity index (χ1v) is 10.3. The van der Waals surface area contributed by atoms with Crippen molar-refractivity contribution in [3.63, 3.8) is 0 Å². The Kier molecular flexibility index (Phi) is 6.04. The Bertz CT molecular complexity index is 983. The van der Waals surface area contributed by atoms with Crippen LogP contribution in [0.5, 0.6) is 0 Å². The lowest BCUT2D eigenvalue weighted by Crippen LogP contribution is -2.55. The summed E-state index contributed by atoms with van der Waals surface area (Å²) < 4.78 is 18.7. The number of aliphatic imine (C=N–C) groups is 1. The van der Waals surface area contributed by atoms with Gasteiger partial charge in [0.2, 0.25) is 0 Å². The number of halogens is 2. The van der Waals surface area contributed by atoms with Gasteiger partial charge in [-0.1, -0.05) is 29.8 Å². The largest absolute Gasteiger partial charge is 0.383 e. The van der Waals surface area contributed by atoms with E-state index in [2.05, 4.69) is 16.7 Å². The highest BCUT2D eigenvalue weighted by atomic mass is 35.5. The zero-order valence-corrected chi connectivity index (χ0v) is 17.5. The Hall–Kier alpha value is -2.48. The minimum Gasteiger partial charge on any atom is -0.383 e. The number of anilines is 1. The van der Waals surface area contributed by atoms with E-state index in [0.717, 1.165) is 17.1 Å². The van der Waals surface area contributed by atoms with Crippen LogP contribution in [-0.2, 0) is 11.3 Å². The minimum atomic E-state index is -0.536. The van der Waals surface area contributed by atoms with Gasteiger partial charge in [0.25, 0.3) is 5.91 Å². The molecule has 0 aromatic heterocycles. The third-order valence-corrected chi connectivity index (χ3v) is 5.92. The van der Waals surface area contributed by atoms with Crippen LogP contribution in [0, 0.1) is 5.82 Å². The average molecular weight is 431 g/mol. The highest BCUT2D eigenvalue weighted by Gasteiger charge is 2.45. The molecule has 1 amide bonds. The van der Waals surface area contributed by atoms with Gasteiger partial charge >= 0.3 is 0 Å². The fourth-order valence-corrected chi connectivity index (χ4v) is 4.14. The van der Waals surface area contributed by atoms with E-state index in [9.17, 15) is 9.18 Å². The topological polar surface area (TPSA) is 66.0 Å². The second-order valence-corrected chi connectivity index (χ2v) is 7.95. The van der Waals surface area contributed by atoms with Gasteiger partial charge in [0.1, 0.15) is 11.7 Å². The first kappa shape index (κ1) is 20.8. The zero-order valence-electron chi connectivity index (χ0n) is 16.8. The summed E-state index contributed by atoms with van der Waals surface area (Å²) in [6, 6.07) is 12.2. The van der Waals surface area contributed by atoms with E-state index in [1.165, 1.54) is 18.2 Å². The number of carbonyl (C=O) groups is 1. The molecular weight excluding hydrogens is 407 g/mol. The fourth-order valence-electron chi connectivity index (χ4n) is 3.96. The van der Waals surface area contributed by atoms with Crippen LogP contribution in [0.25, 0.3) is 0 Å². The summed E-state index contributed by atoms with van der Waals surface area (Å²) in [6.45, 7) is 2.71. The molecule has 6 nitrogen and oxygen atoms in total. The lowest BCUT2D eigenvalue weighted by molar-refractivity contribution is 0.0785. The molecule has 8 heteroatoms.